The van der Waals surface area contributed by atoms with Crippen LogP contribution in [0.3, 0.4) is 0 Å². The molecule has 2 aromatic carbocycles. The first-order valence-corrected chi connectivity index (χ1v) is 6.65. The zero-order chi connectivity index (χ0) is 15.1. The quantitative estimate of drug-likeness (QED) is 0.873. The number of hydrogen-bond donors (Lipinski definition) is 2. The first-order chi connectivity index (χ1) is 10.1. The maximum Gasteiger partial charge on any atom is 0.315 e. The van der Waals surface area contributed by atoms with E-state index < -0.39 is 11.6 Å². The van der Waals surface area contributed by atoms with Gasteiger partial charge in [0.15, 0.2) is 0 Å². The Morgan fingerprint density at radius 3 is 2.52 bits per heavy atom. The zero-order valence-corrected chi connectivity index (χ0v) is 11.4. The minimum atomic E-state index is -0.486. The summed E-state index contributed by atoms with van der Waals surface area (Å²) < 4.78 is 26.3. The van der Waals surface area contributed by atoms with Crippen LogP contribution in [0.25, 0.3) is 0 Å². The highest BCUT2D eigenvalue weighted by atomic mass is 19.1. The number of benzene rings is 2. The van der Waals surface area contributed by atoms with Crippen LogP contribution in [0.5, 0.6) is 0 Å². The van der Waals surface area contributed by atoms with Gasteiger partial charge < -0.3 is 10.6 Å². The van der Waals surface area contributed by atoms with Gasteiger partial charge in [-0.3, -0.25) is 0 Å². The highest BCUT2D eigenvalue weighted by molar-refractivity contribution is 5.73. The molecule has 0 spiro atoms. The summed E-state index contributed by atoms with van der Waals surface area (Å²) in [5.41, 5.74) is 1.24. The summed E-state index contributed by atoms with van der Waals surface area (Å²) in [7, 11) is 0. The Kier molecular flexibility index (Phi) is 5.26. The molecule has 0 radical (unpaired) electrons. The monoisotopic (exact) mass is 290 g/mol. The number of amides is 2. The molecule has 3 nitrogen and oxygen atoms in total. The molecule has 5 heteroatoms. The molecule has 2 rings (SSSR count). The molecule has 0 heterocycles. The standard InChI is InChI=1S/C16H16F2N2O/c17-14-6-7-15(18)13(10-14)8-9-19-16(21)20-11-12-4-2-1-3-5-12/h1-7,10H,8-9,11H2,(H2,19,20,21). The molecule has 2 aromatic rings. The molecule has 0 atom stereocenters. The normalized spacial score (nSPS) is 10.2. The Bertz CT molecular complexity index is 602. The predicted molar refractivity (Wildman–Crippen MR) is 76.7 cm³/mol. The second-order valence-electron chi connectivity index (χ2n) is 4.58. The second-order valence-corrected chi connectivity index (χ2v) is 4.58. The van der Waals surface area contributed by atoms with E-state index in [2.05, 4.69) is 10.6 Å². The van der Waals surface area contributed by atoms with Crippen LogP contribution in [0, 0.1) is 11.6 Å². The molecule has 0 unspecified atom stereocenters. The fourth-order valence-electron chi connectivity index (χ4n) is 1.89. The Hall–Kier alpha value is -2.43. The molecular weight excluding hydrogens is 274 g/mol. The lowest BCUT2D eigenvalue weighted by Crippen LogP contribution is -2.36. The van der Waals surface area contributed by atoms with E-state index in [4.69, 9.17) is 0 Å². The second kappa shape index (κ2) is 7.38. The van der Waals surface area contributed by atoms with Gasteiger partial charge in [0.05, 0.1) is 0 Å². The van der Waals surface area contributed by atoms with Gasteiger partial charge in [-0.2, -0.15) is 0 Å². The van der Waals surface area contributed by atoms with Gasteiger partial charge in [-0.15, -0.1) is 0 Å². The van der Waals surface area contributed by atoms with Gasteiger partial charge in [-0.1, -0.05) is 30.3 Å². The molecular formula is C16H16F2N2O. The summed E-state index contributed by atoms with van der Waals surface area (Å²) in [6, 6.07) is 12.4. The maximum absolute atomic E-state index is 13.4. The van der Waals surface area contributed by atoms with E-state index in [0.717, 1.165) is 23.8 Å². The Balaban J connectivity index is 1.73. The van der Waals surface area contributed by atoms with Crippen molar-refractivity contribution in [1.82, 2.24) is 10.6 Å². The predicted octanol–water partition coefficient (Wildman–Crippen LogP) is 3.01. The fourth-order valence-corrected chi connectivity index (χ4v) is 1.89. The molecule has 0 saturated heterocycles. The third-order valence-corrected chi connectivity index (χ3v) is 2.98. The lowest BCUT2D eigenvalue weighted by molar-refractivity contribution is 0.240. The zero-order valence-electron chi connectivity index (χ0n) is 11.4. The molecule has 0 aromatic heterocycles. The molecule has 0 aliphatic rings. The van der Waals surface area contributed by atoms with Crippen molar-refractivity contribution in [3.8, 4) is 0 Å². The molecule has 0 saturated carbocycles. The molecule has 0 fully saturated rings. The summed E-state index contributed by atoms with van der Waals surface area (Å²) in [4.78, 5) is 11.6. The van der Waals surface area contributed by atoms with E-state index in [1.54, 1.807) is 0 Å². The van der Waals surface area contributed by atoms with Crippen molar-refractivity contribution in [1.29, 1.82) is 0 Å². The van der Waals surface area contributed by atoms with Gasteiger partial charge in [0.25, 0.3) is 0 Å². The van der Waals surface area contributed by atoms with Gasteiger partial charge >= 0.3 is 6.03 Å². The first kappa shape index (κ1) is 15.0. The van der Waals surface area contributed by atoms with Crippen molar-refractivity contribution in [3.05, 3.63) is 71.3 Å². The molecule has 2 amide bonds. The summed E-state index contributed by atoms with van der Waals surface area (Å²) in [6.07, 6.45) is 0.238. The third kappa shape index (κ3) is 4.87. The van der Waals surface area contributed by atoms with E-state index >= 15 is 0 Å². The molecule has 21 heavy (non-hydrogen) atoms. The Labute approximate surface area is 122 Å². The Morgan fingerprint density at radius 2 is 1.76 bits per heavy atom. The van der Waals surface area contributed by atoms with Crippen LogP contribution in [0.4, 0.5) is 13.6 Å². The fraction of sp³-hybridized carbons (Fsp3) is 0.188. The van der Waals surface area contributed by atoms with Gasteiger partial charge in [0.2, 0.25) is 0 Å². The summed E-state index contributed by atoms with van der Waals surface area (Å²) in [6.45, 7) is 0.655. The van der Waals surface area contributed by atoms with Gasteiger partial charge in [-0.05, 0) is 35.7 Å². The van der Waals surface area contributed by atoms with E-state index in [1.807, 2.05) is 30.3 Å². The maximum atomic E-state index is 13.4. The molecule has 0 aliphatic carbocycles. The number of nitrogens with one attached hydrogen (secondary N) is 2. The van der Waals surface area contributed by atoms with Crippen LogP contribution in [0.1, 0.15) is 11.1 Å². The lowest BCUT2D eigenvalue weighted by Gasteiger charge is -2.08. The number of urea groups is 1. The summed E-state index contributed by atoms with van der Waals surface area (Å²) >= 11 is 0. The molecule has 0 bridgehead atoms. The number of carbonyl (C=O) groups excluding carboxylic acids is 1. The highest BCUT2D eigenvalue weighted by Crippen LogP contribution is 2.09. The van der Waals surface area contributed by atoms with E-state index in [1.165, 1.54) is 0 Å². The minimum absolute atomic E-state index is 0.237. The van der Waals surface area contributed by atoms with Crippen molar-refractivity contribution in [3.63, 3.8) is 0 Å². The molecule has 0 aliphatic heterocycles. The SMILES string of the molecule is O=C(NCCc1cc(F)ccc1F)NCc1ccccc1. The first-order valence-electron chi connectivity index (χ1n) is 6.65. The number of hydrogen-bond acceptors (Lipinski definition) is 1. The number of halogens is 2. The van der Waals surface area contributed by atoms with Crippen LogP contribution in [0.15, 0.2) is 48.5 Å². The van der Waals surface area contributed by atoms with Gasteiger partial charge in [-0.25, -0.2) is 13.6 Å². The van der Waals surface area contributed by atoms with Crippen molar-refractivity contribution in [2.75, 3.05) is 6.54 Å². The van der Waals surface area contributed by atoms with Crippen LogP contribution >= 0.6 is 0 Å². The highest BCUT2D eigenvalue weighted by Gasteiger charge is 2.05. The van der Waals surface area contributed by atoms with Crippen LogP contribution in [-0.2, 0) is 13.0 Å². The lowest BCUT2D eigenvalue weighted by atomic mass is 10.1. The van der Waals surface area contributed by atoms with Crippen LogP contribution in [0.2, 0.25) is 0 Å². The van der Waals surface area contributed by atoms with Crippen molar-refractivity contribution in [2.45, 2.75) is 13.0 Å². The van der Waals surface area contributed by atoms with Gasteiger partial charge in [0.1, 0.15) is 11.6 Å². The average Bonchev–Trinajstić information content (AvgIpc) is 2.50. The number of rotatable bonds is 5. The summed E-state index contributed by atoms with van der Waals surface area (Å²) in [5, 5.41) is 5.30. The van der Waals surface area contributed by atoms with Crippen LogP contribution < -0.4 is 10.6 Å². The topological polar surface area (TPSA) is 41.1 Å². The average molecular weight is 290 g/mol. The number of carbonyl (C=O) groups is 1. The Morgan fingerprint density at radius 1 is 1.00 bits per heavy atom. The minimum Gasteiger partial charge on any atom is -0.338 e. The third-order valence-electron chi connectivity index (χ3n) is 2.98. The van der Waals surface area contributed by atoms with Gasteiger partial charge in [0, 0.05) is 13.1 Å². The van der Waals surface area contributed by atoms with E-state index in [9.17, 15) is 13.6 Å². The van der Waals surface area contributed by atoms with Crippen molar-refractivity contribution in [2.24, 2.45) is 0 Å². The largest absolute Gasteiger partial charge is 0.338 e. The smallest absolute Gasteiger partial charge is 0.315 e. The van der Waals surface area contributed by atoms with Crippen molar-refractivity contribution < 1.29 is 13.6 Å². The van der Waals surface area contributed by atoms with E-state index in [0.29, 0.717) is 6.54 Å². The van der Waals surface area contributed by atoms with E-state index in [-0.39, 0.29) is 24.6 Å². The molecule has 110 valence electrons. The molecule has 2 N–H and O–H groups in total. The summed E-state index contributed by atoms with van der Waals surface area (Å²) in [5.74, 6) is -0.956. The van der Waals surface area contributed by atoms with Crippen molar-refractivity contribution >= 4 is 6.03 Å². The van der Waals surface area contributed by atoms with Crippen LogP contribution in [-0.4, -0.2) is 12.6 Å².